The molecule has 24 heavy (non-hydrogen) atoms. The van der Waals surface area contributed by atoms with Gasteiger partial charge in [0.15, 0.2) is 5.82 Å². The molecular weight excluding hydrogens is 306 g/mol. The second kappa shape index (κ2) is 7.29. The molecule has 6 nitrogen and oxygen atoms in total. The zero-order valence-electron chi connectivity index (χ0n) is 14.0. The summed E-state index contributed by atoms with van der Waals surface area (Å²) in [7, 11) is 1.63. The number of benzene rings is 1. The molecule has 0 amide bonds. The van der Waals surface area contributed by atoms with Crippen LogP contribution in [0.15, 0.2) is 30.5 Å². The van der Waals surface area contributed by atoms with Crippen molar-refractivity contribution >= 4 is 11.8 Å². The standard InChI is InChI=1S/C18H21N3O3/c1-3-24-18(22)15-12-19-16(13-6-8-14(23-2)9-7-13)20-17(15)21-10-4-5-11-21/h6-9,12H,3-5,10-11H2,1-2H3. The van der Waals surface area contributed by atoms with Crippen molar-refractivity contribution in [1.82, 2.24) is 9.97 Å². The van der Waals surface area contributed by atoms with Gasteiger partial charge in [0.1, 0.15) is 17.1 Å². The van der Waals surface area contributed by atoms with Gasteiger partial charge in [-0.1, -0.05) is 0 Å². The Labute approximate surface area is 141 Å². The summed E-state index contributed by atoms with van der Waals surface area (Å²) in [5, 5.41) is 0. The number of methoxy groups -OCH3 is 1. The number of carbonyl (C=O) groups is 1. The fraction of sp³-hybridized carbons (Fsp3) is 0.389. The summed E-state index contributed by atoms with van der Waals surface area (Å²) in [5.41, 5.74) is 1.31. The molecule has 126 valence electrons. The number of anilines is 1. The van der Waals surface area contributed by atoms with Crippen LogP contribution in [0.25, 0.3) is 11.4 Å². The molecule has 0 aliphatic carbocycles. The van der Waals surface area contributed by atoms with Gasteiger partial charge in [-0.15, -0.1) is 0 Å². The monoisotopic (exact) mass is 327 g/mol. The molecule has 0 atom stereocenters. The maximum Gasteiger partial charge on any atom is 0.343 e. The van der Waals surface area contributed by atoms with E-state index in [4.69, 9.17) is 9.47 Å². The zero-order chi connectivity index (χ0) is 16.9. The van der Waals surface area contributed by atoms with Crippen LogP contribution in [0, 0.1) is 0 Å². The Bertz CT molecular complexity index is 710. The minimum Gasteiger partial charge on any atom is -0.497 e. The van der Waals surface area contributed by atoms with E-state index in [0.29, 0.717) is 23.8 Å². The number of rotatable bonds is 5. The van der Waals surface area contributed by atoms with Crippen LogP contribution in [0.5, 0.6) is 5.75 Å². The topological polar surface area (TPSA) is 64.5 Å². The number of hydrogen-bond acceptors (Lipinski definition) is 6. The zero-order valence-corrected chi connectivity index (χ0v) is 14.0. The van der Waals surface area contributed by atoms with Gasteiger partial charge in [-0.3, -0.25) is 0 Å². The first kappa shape index (κ1) is 16.2. The van der Waals surface area contributed by atoms with Crippen molar-refractivity contribution in [1.29, 1.82) is 0 Å². The number of aromatic nitrogens is 2. The predicted octanol–water partition coefficient (Wildman–Crippen LogP) is 2.93. The molecule has 2 aromatic rings. The Morgan fingerprint density at radius 1 is 1.21 bits per heavy atom. The van der Waals surface area contributed by atoms with Crippen molar-refractivity contribution < 1.29 is 14.3 Å². The highest BCUT2D eigenvalue weighted by molar-refractivity contribution is 5.94. The van der Waals surface area contributed by atoms with E-state index in [0.717, 1.165) is 37.2 Å². The first-order valence-electron chi connectivity index (χ1n) is 8.16. The van der Waals surface area contributed by atoms with Crippen molar-refractivity contribution in [2.24, 2.45) is 0 Å². The SMILES string of the molecule is CCOC(=O)c1cnc(-c2ccc(OC)cc2)nc1N1CCCC1. The van der Waals surface area contributed by atoms with Gasteiger partial charge in [0.05, 0.1) is 13.7 Å². The van der Waals surface area contributed by atoms with Gasteiger partial charge in [0.2, 0.25) is 0 Å². The van der Waals surface area contributed by atoms with Crippen LogP contribution in [0.1, 0.15) is 30.1 Å². The van der Waals surface area contributed by atoms with Gasteiger partial charge in [0, 0.05) is 24.8 Å². The fourth-order valence-corrected chi connectivity index (χ4v) is 2.77. The Kier molecular flexibility index (Phi) is 4.93. The average molecular weight is 327 g/mol. The van der Waals surface area contributed by atoms with Crippen molar-refractivity contribution in [3.8, 4) is 17.1 Å². The molecule has 0 spiro atoms. The van der Waals surface area contributed by atoms with Gasteiger partial charge in [-0.25, -0.2) is 14.8 Å². The number of hydrogen-bond donors (Lipinski definition) is 0. The summed E-state index contributed by atoms with van der Waals surface area (Å²) in [6.07, 6.45) is 3.77. The number of esters is 1. The molecule has 3 rings (SSSR count). The summed E-state index contributed by atoms with van der Waals surface area (Å²) >= 11 is 0. The molecule has 2 heterocycles. The lowest BCUT2D eigenvalue weighted by atomic mass is 10.2. The van der Waals surface area contributed by atoms with Crippen molar-refractivity contribution in [3.05, 3.63) is 36.0 Å². The lowest BCUT2D eigenvalue weighted by molar-refractivity contribution is 0.0526. The molecule has 1 aromatic heterocycles. The van der Waals surface area contributed by atoms with E-state index in [9.17, 15) is 4.79 Å². The van der Waals surface area contributed by atoms with E-state index in [1.54, 1.807) is 20.2 Å². The van der Waals surface area contributed by atoms with E-state index in [1.165, 1.54) is 0 Å². The Morgan fingerprint density at radius 3 is 2.54 bits per heavy atom. The van der Waals surface area contributed by atoms with E-state index >= 15 is 0 Å². The second-order valence-corrected chi connectivity index (χ2v) is 5.57. The van der Waals surface area contributed by atoms with Crippen LogP contribution >= 0.6 is 0 Å². The third kappa shape index (κ3) is 3.32. The average Bonchev–Trinajstić information content (AvgIpc) is 3.16. The normalized spacial score (nSPS) is 13.8. The largest absolute Gasteiger partial charge is 0.497 e. The molecule has 1 fully saturated rings. The lowest BCUT2D eigenvalue weighted by Crippen LogP contribution is -2.23. The highest BCUT2D eigenvalue weighted by atomic mass is 16.5. The molecule has 1 aliphatic heterocycles. The van der Waals surface area contributed by atoms with Crippen LogP contribution in [0.2, 0.25) is 0 Å². The van der Waals surface area contributed by atoms with Gasteiger partial charge in [-0.2, -0.15) is 0 Å². The van der Waals surface area contributed by atoms with Gasteiger partial charge in [-0.05, 0) is 44.0 Å². The summed E-state index contributed by atoms with van der Waals surface area (Å²) in [6, 6.07) is 7.55. The third-order valence-electron chi connectivity index (χ3n) is 4.02. The molecule has 6 heteroatoms. The Morgan fingerprint density at radius 2 is 1.92 bits per heavy atom. The molecule has 1 aromatic carbocycles. The molecule has 0 radical (unpaired) electrons. The number of carbonyl (C=O) groups excluding carboxylic acids is 1. The molecule has 0 N–H and O–H groups in total. The van der Waals surface area contributed by atoms with Crippen molar-refractivity contribution in [2.45, 2.75) is 19.8 Å². The smallest absolute Gasteiger partial charge is 0.343 e. The molecule has 0 saturated carbocycles. The fourth-order valence-electron chi connectivity index (χ4n) is 2.77. The van der Waals surface area contributed by atoms with Crippen LogP contribution in [0.3, 0.4) is 0 Å². The molecule has 0 unspecified atom stereocenters. The Balaban J connectivity index is 1.99. The summed E-state index contributed by atoms with van der Waals surface area (Å²) in [6.45, 7) is 3.91. The van der Waals surface area contributed by atoms with Crippen LogP contribution in [0.4, 0.5) is 5.82 Å². The Hall–Kier alpha value is -2.63. The third-order valence-corrected chi connectivity index (χ3v) is 4.02. The summed E-state index contributed by atoms with van der Waals surface area (Å²) in [4.78, 5) is 23.4. The van der Waals surface area contributed by atoms with E-state index < -0.39 is 0 Å². The van der Waals surface area contributed by atoms with E-state index in [2.05, 4.69) is 14.9 Å². The summed E-state index contributed by atoms with van der Waals surface area (Å²) < 4.78 is 10.3. The van der Waals surface area contributed by atoms with Crippen molar-refractivity contribution in [3.63, 3.8) is 0 Å². The predicted molar refractivity (Wildman–Crippen MR) is 91.4 cm³/mol. The van der Waals surface area contributed by atoms with Gasteiger partial charge < -0.3 is 14.4 Å². The highest BCUT2D eigenvalue weighted by Gasteiger charge is 2.23. The van der Waals surface area contributed by atoms with Gasteiger partial charge >= 0.3 is 5.97 Å². The number of nitrogens with zero attached hydrogens (tertiary/aromatic N) is 3. The minimum atomic E-state index is -0.374. The minimum absolute atomic E-state index is 0.332. The molecule has 0 bridgehead atoms. The lowest BCUT2D eigenvalue weighted by Gasteiger charge is -2.19. The second-order valence-electron chi connectivity index (χ2n) is 5.57. The molecule has 1 saturated heterocycles. The van der Waals surface area contributed by atoms with Gasteiger partial charge in [0.25, 0.3) is 0 Å². The highest BCUT2D eigenvalue weighted by Crippen LogP contribution is 2.26. The van der Waals surface area contributed by atoms with E-state index in [1.807, 2.05) is 24.3 Å². The van der Waals surface area contributed by atoms with Crippen LogP contribution < -0.4 is 9.64 Å². The van der Waals surface area contributed by atoms with E-state index in [-0.39, 0.29) is 5.97 Å². The first-order chi connectivity index (χ1) is 11.7. The van der Waals surface area contributed by atoms with Crippen LogP contribution in [-0.4, -0.2) is 42.7 Å². The van der Waals surface area contributed by atoms with Crippen molar-refractivity contribution in [2.75, 3.05) is 31.7 Å². The maximum atomic E-state index is 12.2. The number of ether oxygens (including phenoxy) is 2. The molecular formula is C18H21N3O3. The summed E-state index contributed by atoms with van der Waals surface area (Å²) in [5.74, 6) is 1.65. The maximum absolute atomic E-state index is 12.2. The van der Waals surface area contributed by atoms with Crippen LogP contribution in [-0.2, 0) is 4.74 Å². The first-order valence-corrected chi connectivity index (χ1v) is 8.16. The quantitative estimate of drug-likeness (QED) is 0.787. The molecule has 1 aliphatic rings.